The van der Waals surface area contributed by atoms with E-state index in [9.17, 15) is 9.59 Å². The number of amides is 3. The summed E-state index contributed by atoms with van der Waals surface area (Å²) in [6.07, 6.45) is 3.89. The molecule has 0 bridgehead atoms. The number of hydrogen-bond acceptors (Lipinski definition) is 3. The van der Waals surface area contributed by atoms with E-state index >= 15 is 0 Å². The molecule has 1 heterocycles. The van der Waals surface area contributed by atoms with Crippen LogP contribution < -0.4 is 5.32 Å². The van der Waals surface area contributed by atoms with Gasteiger partial charge in [-0.2, -0.15) is 0 Å². The number of benzene rings is 1. The first-order chi connectivity index (χ1) is 13.7. The lowest BCUT2D eigenvalue weighted by atomic mass is 9.68. The molecule has 1 aromatic carbocycles. The second kappa shape index (κ2) is 8.34. The van der Waals surface area contributed by atoms with Gasteiger partial charge < -0.3 is 15.1 Å². The summed E-state index contributed by atoms with van der Waals surface area (Å²) in [7, 11) is 5.94. The molecule has 2 fully saturated rings. The minimum atomic E-state index is -0.177. The molecule has 1 saturated carbocycles. The summed E-state index contributed by atoms with van der Waals surface area (Å²) < 4.78 is 0. The predicted molar refractivity (Wildman–Crippen MR) is 116 cm³/mol. The molecule has 0 atom stereocenters. The third-order valence-corrected chi connectivity index (χ3v) is 6.90. The zero-order valence-corrected chi connectivity index (χ0v) is 18.6. The summed E-state index contributed by atoms with van der Waals surface area (Å²) in [5.74, 6) is 0.285. The van der Waals surface area contributed by atoms with Crippen LogP contribution in [-0.2, 0) is 10.3 Å². The van der Waals surface area contributed by atoms with Crippen LogP contribution in [0.2, 0.25) is 0 Å². The Balaban J connectivity index is 1.87. The first kappa shape index (κ1) is 21.6. The van der Waals surface area contributed by atoms with E-state index in [1.807, 2.05) is 0 Å². The normalized spacial score (nSPS) is 27.3. The lowest BCUT2D eigenvalue weighted by Crippen LogP contribution is -2.56. The topological polar surface area (TPSA) is 55.9 Å². The number of nitrogens with zero attached hydrogens (tertiary/aromatic N) is 3. The molecule has 6 nitrogen and oxygen atoms in total. The molecule has 3 amide bonds. The van der Waals surface area contributed by atoms with Gasteiger partial charge in [0, 0.05) is 25.7 Å². The minimum Gasteiger partial charge on any atom is -0.358 e. The van der Waals surface area contributed by atoms with Gasteiger partial charge in [0.05, 0.1) is 5.54 Å². The van der Waals surface area contributed by atoms with Gasteiger partial charge in [-0.3, -0.25) is 9.69 Å². The Kier molecular flexibility index (Phi) is 6.22. The summed E-state index contributed by atoms with van der Waals surface area (Å²) >= 11 is 0. The van der Waals surface area contributed by atoms with Crippen molar-refractivity contribution in [2.45, 2.75) is 50.6 Å². The van der Waals surface area contributed by atoms with Crippen molar-refractivity contribution in [1.29, 1.82) is 0 Å². The third-order valence-electron chi connectivity index (χ3n) is 6.90. The molecule has 1 saturated heterocycles. The zero-order valence-electron chi connectivity index (χ0n) is 18.6. The summed E-state index contributed by atoms with van der Waals surface area (Å²) in [5, 5.41) is 2.65. The van der Waals surface area contributed by atoms with Crippen LogP contribution in [0.3, 0.4) is 0 Å². The van der Waals surface area contributed by atoms with Gasteiger partial charge in [-0.25, -0.2) is 4.79 Å². The average Bonchev–Trinajstić information content (AvgIpc) is 2.94. The van der Waals surface area contributed by atoms with Crippen LogP contribution in [0.5, 0.6) is 0 Å². The Morgan fingerprint density at radius 2 is 1.76 bits per heavy atom. The van der Waals surface area contributed by atoms with E-state index in [1.54, 1.807) is 11.9 Å². The van der Waals surface area contributed by atoms with Crippen LogP contribution in [-0.4, -0.2) is 73.0 Å². The summed E-state index contributed by atoms with van der Waals surface area (Å²) in [6.45, 7) is 5.83. The van der Waals surface area contributed by atoms with Crippen molar-refractivity contribution in [3.8, 4) is 0 Å². The first-order valence-corrected chi connectivity index (χ1v) is 10.7. The predicted octanol–water partition coefficient (Wildman–Crippen LogP) is 2.90. The molecular weight excluding hydrogens is 364 g/mol. The third kappa shape index (κ3) is 4.00. The molecule has 1 aromatic rings. The quantitative estimate of drug-likeness (QED) is 0.799. The second-order valence-electron chi connectivity index (χ2n) is 9.33. The van der Waals surface area contributed by atoms with Gasteiger partial charge in [0.15, 0.2) is 0 Å². The Hall–Kier alpha value is -2.08. The van der Waals surface area contributed by atoms with Gasteiger partial charge in [0.25, 0.3) is 0 Å². The highest BCUT2D eigenvalue weighted by Crippen LogP contribution is 2.49. The van der Waals surface area contributed by atoms with E-state index < -0.39 is 0 Å². The Bertz CT molecular complexity index is 724. The lowest BCUT2D eigenvalue weighted by Gasteiger charge is -2.51. The smallest absolute Gasteiger partial charge is 0.321 e. The molecule has 0 aromatic heterocycles. The van der Waals surface area contributed by atoms with Crippen molar-refractivity contribution in [2.24, 2.45) is 5.92 Å². The molecule has 1 spiro atoms. The van der Waals surface area contributed by atoms with Crippen LogP contribution in [0.15, 0.2) is 30.3 Å². The standard InChI is InChI=1S/C23H36N4O2/c1-18(2)15-27-21(29)26(16-20(28)24-3)17-22(27)11-13-23(14-12-22,25(4)5)19-9-7-6-8-10-19/h6-10,18H,11-17H2,1-5H3,(H,24,28)/t22-,23-. The molecule has 0 radical (unpaired) electrons. The number of likely N-dealkylation sites (N-methyl/N-ethyl adjacent to an activating group) is 1. The van der Waals surface area contributed by atoms with Crippen molar-refractivity contribution < 1.29 is 9.59 Å². The van der Waals surface area contributed by atoms with E-state index in [0.717, 1.165) is 32.2 Å². The van der Waals surface area contributed by atoms with E-state index in [4.69, 9.17) is 0 Å². The van der Waals surface area contributed by atoms with E-state index in [1.165, 1.54) is 5.56 Å². The number of carbonyl (C=O) groups is 2. The van der Waals surface area contributed by atoms with Gasteiger partial charge in [0.1, 0.15) is 6.54 Å². The maximum Gasteiger partial charge on any atom is 0.321 e. The number of carbonyl (C=O) groups excluding carboxylic acids is 2. The Morgan fingerprint density at radius 1 is 1.14 bits per heavy atom. The Morgan fingerprint density at radius 3 is 2.28 bits per heavy atom. The van der Waals surface area contributed by atoms with Crippen LogP contribution >= 0.6 is 0 Å². The molecule has 1 N–H and O–H groups in total. The summed E-state index contributed by atoms with van der Waals surface area (Å²) in [6, 6.07) is 10.7. The number of nitrogens with one attached hydrogen (secondary N) is 1. The number of urea groups is 1. The Labute approximate surface area is 175 Å². The molecule has 1 aliphatic heterocycles. The molecular formula is C23H36N4O2. The summed E-state index contributed by atoms with van der Waals surface area (Å²) in [5.41, 5.74) is 1.17. The van der Waals surface area contributed by atoms with Crippen LogP contribution in [0.25, 0.3) is 0 Å². The number of rotatable bonds is 6. The van der Waals surface area contributed by atoms with Crippen LogP contribution in [0, 0.1) is 5.92 Å². The molecule has 3 rings (SSSR count). The molecule has 6 heteroatoms. The monoisotopic (exact) mass is 400 g/mol. The highest BCUT2D eigenvalue weighted by molar-refractivity contribution is 5.85. The number of hydrogen-bond donors (Lipinski definition) is 1. The lowest BCUT2D eigenvalue weighted by molar-refractivity contribution is -0.121. The van der Waals surface area contributed by atoms with Crippen molar-refractivity contribution in [3.05, 3.63) is 35.9 Å². The first-order valence-electron chi connectivity index (χ1n) is 10.7. The van der Waals surface area contributed by atoms with Gasteiger partial charge in [-0.15, -0.1) is 0 Å². The molecule has 1 aliphatic carbocycles. The maximum absolute atomic E-state index is 13.2. The molecule has 2 aliphatic rings. The van der Waals surface area contributed by atoms with Crippen molar-refractivity contribution >= 4 is 11.9 Å². The molecule has 0 unspecified atom stereocenters. The highest BCUT2D eigenvalue weighted by atomic mass is 16.2. The van der Waals surface area contributed by atoms with E-state index in [2.05, 4.69) is 73.4 Å². The minimum absolute atomic E-state index is 0.00667. The van der Waals surface area contributed by atoms with Crippen LogP contribution in [0.1, 0.15) is 45.1 Å². The highest BCUT2D eigenvalue weighted by Gasteiger charge is 2.54. The fourth-order valence-corrected chi connectivity index (χ4v) is 5.19. The SMILES string of the molecule is CNC(=O)CN1C[C@]2(CC[C@@](c3ccccc3)(N(C)C)CC2)N(CC(C)C)C1=O. The van der Waals surface area contributed by atoms with E-state index in [-0.39, 0.29) is 29.6 Å². The average molecular weight is 401 g/mol. The fourth-order valence-electron chi connectivity index (χ4n) is 5.19. The van der Waals surface area contributed by atoms with Crippen LogP contribution in [0.4, 0.5) is 4.79 Å². The second-order valence-corrected chi connectivity index (χ2v) is 9.33. The zero-order chi connectivity index (χ0) is 21.2. The maximum atomic E-state index is 13.2. The van der Waals surface area contributed by atoms with Gasteiger partial charge in [-0.1, -0.05) is 44.2 Å². The van der Waals surface area contributed by atoms with Crippen molar-refractivity contribution in [1.82, 2.24) is 20.0 Å². The summed E-state index contributed by atoms with van der Waals surface area (Å²) in [4.78, 5) is 31.3. The fraction of sp³-hybridized carbons (Fsp3) is 0.652. The van der Waals surface area contributed by atoms with Crippen molar-refractivity contribution in [2.75, 3.05) is 40.8 Å². The van der Waals surface area contributed by atoms with Gasteiger partial charge in [0.2, 0.25) is 5.91 Å². The van der Waals surface area contributed by atoms with Gasteiger partial charge in [-0.05, 0) is 51.3 Å². The largest absolute Gasteiger partial charge is 0.358 e. The van der Waals surface area contributed by atoms with Crippen molar-refractivity contribution in [3.63, 3.8) is 0 Å². The van der Waals surface area contributed by atoms with E-state index in [0.29, 0.717) is 12.5 Å². The molecule has 160 valence electrons. The van der Waals surface area contributed by atoms with Gasteiger partial charge >= 0.3 is 6.03 Å². The molecule has 29 heavy (non-hydrogen) atoms.